The Kier molecular flexibility index (Phi) is 5.35. The van der Waals surface area contributed by atoms with Crippen molar-refractivity contribution in [2.24, 2.45) is 0 Å². The first-order valence-electron chi connectivity index (χ1n) is 6.91. The van der Waals surface area contributed by atoms with Crippen LogP contribution in [-0.4, -0.2) is 14.9 Å². The number of benzene rings is 1. The number of aromatic nitrogens is 2. The van der Waals surface area contributed by atoms with Crippen molar-refractivity contribution in [3.63, 3.8) is 0 Å². The van der Waals surface area contributed by atoms with Gasteiger partial charge in [-0.3, -0.25) is 0 Å². The third-order valence-corrected chi connectivity index (χ3v) is 4.62. The molecule has 0 aliphatic carbocycles. The number of nitrogens with zero attached hydrogens (tertiary/aromatic N) is 2. The van der Waals surface area contributed by atoms with E-state index in [-0.39, 0.29) is 11.4 Å². The first-order chi connectivity index (χ1) is 9.87. The summed E-state index contributed by atoms with van der Waals surface area (Å²) in [6, 6.07) is 5.35. The van der Waals surface area contributed by atoms with E-state index in [0.29, 0.717) is 11.4 Å². The summed E-state index contributed by atoms with van der Waals surface area (Å²) in [5.74, 6) is 0.607. The first kappa shape index (κ1) is 16.4. The fourth-order valence-corrected chi connectivity index (χ4v) is 3.28. The SMILES string of the molecule is CCc1nsc(Sc2ccc(CNC(C)(C)C)cc2F)n1. The van der Waals surface area contributed by atoms with E-state index in [9.17, 15) is 4.39 Å². The molecule has 0 spiro atoms. The van der Waals surface area contributed by atoms with Gasteiger partial charge in [0.2, 0.25) is 0 Å². The minimum Gasteiger partial charge on any atom is -0.308 e. The normalized spacial score (nSPS) is 11.9. The van der Waals surface area contributed by atoms with Gasteiger partial charge in [-0.05, 0) is 50.0 Å². The third kappa shape index (κ3) is 5.05. The average Bonchev–Trinajstić information content (AvgIpc) is 2.86. The van der Waals surface area contributed by atoms with Gasteiger partial charge in [-0.2, -0.15) is 4.37 Å². The van der Waals surface area contributed by atoms with Crippen LogP contribution in [0.25, 0.3) is 0 Å². The quantitative estimate of drug-likeness (QED) is 0.890. The van der Waals surface area contributed by atoms with Gasteiger partial charge in [-0.15, -0.1) is 0 Å². The van der Waals surface area contributed by atoms with E-state index in [2.05, 4.69) is 35.4 Å². The maximum Gasteiger partial charge on any atom is 0.174 e. The minimum atomic E-state index is -0.207. The van der Waals surface area contributed by atoms with E-state index in [1.54, 1.807) is 6.07 Å². The highest BCUT2D eigenvalue weighted by Crippen LogP contribution is 2.31. The molecule has 0 bridgehead atoms. The minimum absolute atomic E-state index is 0.0208. The van der Waals surface area contributed by atoms with E-state index in [4.69, 9.17) is 0 Å². The van der Waals surface area contributed by atoms with Crippen LogP contribution in [0.5, 0.6) is 0 Å². The lowest BCUT2D eigenvalue weighted by atomic mass is 10.1. The second-order valence-corrected chi connectivity index (χ2v) is 7.84. The molecule has 1 heterocycles. The summed E-state index contributed by atoms with van der Waals surface area (Å²) in [6.07, 6.45) is 0.803. The molecular formula is C15H20FN3S2. The Labute approximate surface area is 133 Å². The maximum atomic E-state index is 14.2. The van der Waals surface area contributed by atoms with Gasteiger partial charge in [0.25, 0.3) is 0 Å². The Morgan fingerprint density at radius 2 is 2.10 bits per heavy atom. The van der Waals surface area contributed by atoms with Gasteiger partial charge in [-0.1, -0.05) is 24.8 Å². The Bertz CT molecular complexity index is 605. The van der Waals surface area contributed by atoms with E-state index >= 15 is 0 Å². The van der Waals surface area contributed by atoms with Crippen molar-refractivity contribution in [1.29, 1.82) is 0 Å². The van der Waals surface area contributed by atoms with E-state index in [1.165, 1.54) is 23.3 Å². The van der Waals surface area contributed by atoms with Crippen LogP contribution >= 0.6 is 23.3 Å². The molecular weight excluding hydrogens is 305 g/mol. The van der Waals surface area contributed by atoms with Crippen LogP contribution in [0.1, 0.15) is 39.1 Å². The molecule has 0 saturated heterocycles. The zero-order chi connectivity index (χ0) is 15.5. The molecule has 0 atom stereocenters. The van der Waals surface area contributed by atoms with Crippen LogP contribution in [0, 0.1) is 5.82 Å². The average molecular weight is 325 g/mol. The van der Waals surface area contributed by atoms with Crippen molar-refractivity contribution in [1.82, 2.24) is 14.7 Å². The van der Waals surface area contributed by atoms with Crippen molar-refractivity contribution in [2.75, 3.05) is 0 Å². The van der Waals surface area contributed by atoms with Gasteiger partial charge in [-0.25, -0.2) is 9.37 Å². The molecule has 3 nitrogen and oxygen atoms in total. The Hall–Kier alpha value is -0.980. The van der Waals surface area contributed by atoms with Crippen LogP contribution in [0.4, 0.5) is 4.39 Å². The van der Waals surface area contributed by atoms with E-state index in [0.717, 1.165) is 22.1 Å². The highest BCUT2D eigenvalue weighted by Gasteiger charge is 2.12. The highest BCUT2D eigenvalue weighted by atomic mass is 32.2. The Morgan fingerprint density at radius 1 is 1.33 bits per heavy atom. The summed E-state index contributed by atoms with van der Waals surface area (Å²) in [7, 11) is 0. The van der Waals surface area contributed by atoms with Gasteiger partial charge in [0.1, 0.15) is 11.6 Å². The Balaban J connectivity index is 2.05. The fourth-order valence-electron chi connectivity index (χ4n) is 1.62. The molecule has 6 heteroatoms. The molecule has 1 aromatic carbocycles. The predicted molar refractivity (Wildman–Crippen MR) is 86.4 cm³/mol. The van der Waals surface area contributed by atoms with Gasteiger partial charge >= 0.3 is 0 Å². The summed E-state index contributed by atoms with van der Waals surface area (Å²) in [5, 5.41) is 3.35. The second-order valence-electron chi connectivity index (χ2n) is 5.80. The summed E-state index contributed by atoms with van der Waals surface area (Å²) in [4.78, 5) is 4.94. The lowest BCUT2D eigenvalue weighted by Gasteiger charge is -2.20. The third-order valence-electron chi connectivity index (χ3n) is 2.78. The molecule has 114 valence electrons. The number of aryl methyl sites for hydroxylation is 1. The summed E-state index contributed by atoms with van der Waals surface area (Å²) >= 11 is 2.65. The molecule has 0 aliphatic heterocycles. The van der Waals surface area contributed by atoms with Crippen LogP contribution in [0.15, 0.2) is 27.4 Å². The molecule has 2 aromatic rings. The van der Waals surface area contributed by atoms with Gasteiger partial charge < -0.3 is 5.32 Å². The molecule has 0 unspecified atom stereocenters. The zero-order valence-corrected chi connectivity index (χ0v) is 14.4. The smallest absolute Gasteiger partial charge is 0.174 e. The molecule has 0 fully saturated rings. The summed E-state index contributed by atoms with van der Waals surface area (Å²) < 4.78 is 19.1. The molecule has 2 rings (SSSR count). The molecule has 0 amide bonds. The van der Waals surface area contributed by atoms with Gasteiger partial charge in [0.15, 0.2) is 4.34 Å². The molecule has 1 aromatic heterocycles. The van der Waals surface area contributed by atoms with Crippen molar-refractivity contribution in [3.8, 4) is 0 Å². The zero-order valence-electron chi connectivity index (χ0n) is 12.7. The Morgan fingerprint density at radius 3 is 2.67 bits per heavy atom. The van der Waals surface area contributed by atoms with Crippen LogP contribution in [0.2, 0.25) is 0 Å². The van der Waals surface area contributed by atoms with Crippen LogP contribution < -0.4 is 5.32 Å². The van der Waals surface area contributed by atoms with Crippen molar-refractivity contribution in [2.45, 2.75) is 55.4 Å². The van der Waals surface area contributed by atoms with Crippen molar-refractivity contribution < 1.29 is 4.39 Å². The number of rotatable bonds is 5. The number of hydrogen-bond acceptors (Lipinski definition) is 5. The molecule has 1 N–H and O–H groups in total. The van der Waals surface area contributed by atoms with Crippen molar-refractivity contribution in [3.05, 3.63) is 35.4 Å². The lowest BCUT2D eigenvalue weighted by Crippen LogP contribution is -2.35. The lowest BCUT2D eigenvalue weighted by molar-refractivity contribution is 0.423. The summed E-state index contributed by atoms with van der Waals surface area (Å²) in [6.45, 7) is 8.94. The molecule has 0 saturated carbocycles. The maximum absolute atomic E-state index is 14.2. The first-order valence-corrected chi connectivity index (χ1v) is 8.50. The fraction of sp³-hybridized carbons (Fsp3) is 0.467. The monoisotopic (exact) mass is 325 g/mol. The highest BCUT2D eigenvalue weighted by molar-refractivity contribution is 8.01. The van der Waals surface area contributed by atoms with Gasteiger partial charge in [0.05, 0.1) is 4.90 Å². The number of hydrogen-bond donors (Lipinski definition) is 1. The number of nitrogens with one attached hydrogen (secondary N) is 1. The van der Waals surface area contributed by atoms with E-state index < -0.39 is 0 Å². The summed E-state index contributed by atoms with van der Waals surface area (Å²) in [5.41, 5.74) is 0.964. The van der Waals surface area contributed by atoms with Crippen LogP contribution in [0.3, 0.4) is 0 Å². The molecule has 0 radical (unpaired) electrons. The molecule has 21 heavy (non-hydrogen) atoms. The van der Waals surface area contributed by atoms with Crippen molar-refractivity contribution >= 4 is 23.3 Å². The van der Waals surface area contributed by atoms with E-state index in [1.807, 2.05) is 19.1 Å². The number of halogens is 1. The molecule has 0 aliphatic rings. The van der Waals surface area contributed by atoms with Gasteiger partial charge in [0, 0.05) is 18.5 Å². The van der Waals surface area contributed by atoms with Crippen LogP contribution in [-0.2, 0) is 13.0 Å². The predicted octanol–water partition coefficient (Wildman–Crippen LogP) is 4.28. The largest absolute Gasteiger partial charge is 0.308 e. The standard InChI is InChI=1S/C15H20FN3S2/c1-5-13-18-14(21-19-13)20-12-7-6-10(8-11(12)16)9-17-15(2,3)4/h6-8,17H,5,9H2,1-4H3. The topological polar surface area (TPSA) is 37.8 Å². The second kappa shape index (κ2) is 6.85.